The van der Waals surface area contributed by atoms with E-state index in [-0.39, 0.29) is 5.91 Å². The molecule has 1 saturated heterocycles. The Hall–Kier alpha value is -1.62. The van der Waals surface area contributed by atoms with Crippen LogP contribution in [0.5, 0.6) is 0 Å². The van der Waals surface area contributed by atoms with Crippen LogP contribution in [0.2, 0.25) is 0 Å². The summed E-state index contributed by atoms with van der Waals surface area (Å²) in [6.07, 6.45) is 2.82. The van der Waals surface area contributed by atoms with Gasteiger partial charge in [-0.2, -0.15) is 0 Å². The second kappa shape index (κ2) is 5.63. The minimum atomic E-state index is -0.139. The van der Waals surface area contributed by atoms with E-state index in [4.69, 9.17) is 0 Å². The van der Waals surface area contributed by atoms with Crippen LogP contribution in [-0.4, -0.2) is 44.1 Å². The lowest BCUT2D eigenvalue weighted by Crippen LogP contribution is -2.28. The van der Waals surface area contributed by atoms with E-state index in [1.54, 1.807) is 13.2 Å². The molecule has 0 bridgehead atoms. The van der Waals surface area contributed by atoms with Gasteiger partial charge in [0.1, 0.15) is 5.69 Å². The predicted octanol–water partition coefficient (Wildman–Crippen LogP) is 0.241. The highest BCUT2D eigenvalue weighted by Crippen LogP contribution is 2.15. The molecule has 1 fully saturated rings. The smallest absolute Gasteiger partial charge is 0.269 e. The summed E-state index contributed by atoms with van der Waals surface area (Å²) < 4.78 is 0. The Morgan fingerprint density at radius 1 is 1.47 bits per heavy atom. The Balaban J connectivity index is 2.16. The first-order valence-corrected chi connectivity index (χ1v) is 5.95. The molecular formula is C12H18N4O. The molecule has 1 amide bonds. The Morgan fingerprint density at radius 3 is 3.18 bits per heavy atom. The summed E-state index contributed by atoms with van der Waals surface area (Å²) in [6.45, 7) is 4.03. The molecule has 1 aliphatic heterocycles. The maximum atomic E-state index is 11.5. The molecule has 1 aliphatic rings. The standard InChI is InChI=1S/C12H18N4O/c1-13-12(17)11-9-10(3-5-15-11)16-7-2-4-14-6-8-16/h3,5,9,14H,2,4,6-8H2,1H3,(H,13,17). The lowest BCUT2D eigenvalue weighted by molar-refractivity contribution is 0.0958. The van der Waals surface area contributed by atoms with E-state index >= 15 is 0 Å². The molecule has 2 rings (SSSR count). The molecule has 0 unspecified atom stereocenters. The number of rotatable bonds is 2. The van der Waals surface area contributed by atoms with Crippen LogP contribution in [0.15, 0.2) is 18.3 Å². The molecule has 2 N–H and O–H groups in total. The van der Waals surface area contributed by atoms with Crippen molar-refractivity contribution in [3.63, 3.8) is 0 Å². The molecule has 5 nitrogen and oxygen atoms in total. The zero-order valence-electron chi connectivity index (χ0n) is 10.1. The van der Waals surface area contributed by atoms with Gasteiger partial charge in [0, 0.05) is 38.6 Å². The molecule has 0 radical (unpaired) electrons. The minimum Gasteiger partial charge on any atom is -0.370 e. The fourth-order valence-corrected chi connectivity index (χ4v) is 1.97. The zero-order valence-corrected chi connectivity index (χ0v) is 10.1. The maximum Gasteiger partial charge on any atom is 0.269 e. The number of nitrogens with one attached hydrogen (secondary N) is 2. The first-order valence-electron chi connectivity index (χ1n) is 5.95. The monoisotopic (exact) mass is 234 g/mol. The van der Waals surface area contributed by atoms with Gasteiger partial charge in [-0.1, -0.05) is 0 Å². The van der Waals surface area contributed by atoms with Crippen molar-refractivity contribution in [1.82, 2.24) is 15.6 Å². The van der Waals surface area contributed by atoms with Crippen LogP contribution in [0.25, 0.3) is 0 Å². The van der Waals surface area contributed by atoms with Crippen LogP contribution < -0.4 is 15.5 Å². The third-order valence-electron chi connectivity index (χ3n) is 2.91. The quantitative estimate of drug-likeness (QED) is 0.769. The molecule has 92 valence electrons. The number of carbonyl (C=O) groups excluding carboxylic acids is 1. The summed E-state index contributed by atoms with van der Waals surface area (Å²) in [4.78, 5) is 17.9. The van der Waals surface area contributed by atoms with Crippen LogP contribution in [0, 0.1) is 0 Å². The van der Waals surface area contributed by atoms with Gasteiger partial charge >= 0.3 is 0 Å². The Bertz CT molecular complexity index is 386. The zero-order chi connectivity index (χ0) is 12.1. The van der Waals surface area contributed by atoms with Gasteiger partial charge in [-0.25, -0.2) is 0 Å². The fraction of sp³-hybridized carbons (Fsp3) is 0.500. The van der Waals surface area contributed by atoms with Gasteiger partial charge in [0.25, 0.3) is 5.91 Å². The van der Waals surface area contributed by atoms with Crippen molar-refractivity contribution < 1.29 is 4.79 Å². The molecule has 5 heteroatoms. The van der Waals surface area contributed by atoms with Gasteiger partial charge in [0.15, 0.2) is 0 Å². The molecule has 0 saturated carbocycles. The third kappa shape index (κ3) is 2.94. The highest BCUT2D eigenvalue weighted by atomic mass is 16.1. The molecule has 0 aromatic carbocycles. The lowest BCUT2D eigenvalue weighted by atomic mass is 10.2. The van der Waals surface area contributed by atoms with Crippen LogP contribution in [0.1, 0.15) is 16.9 Å². The summed E-state index contributed by atoms with van der Waals surface area (Å²) in [6, 6.07) is 3.81. The Labute approximate surface area is 101 Å². The number of pyridine rings is 1. The first kappa shape index (κ1) is 11.9. The fourth-order valence-electron chi connectivity index (χ4n) is 1.97. The maximum absolute atomic E-state index is 11.5. The second-order valence-electron chi connectivity index (χ2n) is 4.07. The van der Waals surface area contributed by atoms with E-state index in [1.807, 2.05) is 12.1 Å². The summed E-state index contributed by atoms with van der Waals surface area (Å²) >= 11 is 0. The highest BCUT2D eigenvalue weighted by Gasteiger charge is 2.12. The van der Waals surface area contributed by atoms with E-state index in [0.29, 0.717) is 5.69 Å². The third-order valence-corrected chi connectivity index (χ3v) is 2.91. The van der Waals surface area contributed by atoms with E-state index in [0.717, 1.165) is 38.3 Å². The van der Waals surface area contributed by atoms with Crippen molar-refractivity contribution in [3.05, 3.63) is 24.0 Å². The normalized spacial score (nSPS) is 16.4. The van der Waals surface area contributed by atoms with E-state index < -0.39 is 0 Å². The number of hydrogen-bond acceptors (Lipinski definition) is 4. The largest absolute Gasteiger partial charge is 0.370 e. The average Bonchev–Trinajstić information content (AvgIpc) is 2.67. The van der Waals surface area contributed by atoms with Crippen LogP contribution >= 0.6 is 0 Å². The van der Waals surface area contributed by atoms with Gasteiger partial charge in [-0.05, 0) is 25.1 Å². The van der Waals surface area contributed by atoms with Crippen LogP contribution in [0.4, 0.5) is 5.69 Å². The number of aromatic nitrogens is 1. The summed E-state index contributed by atoms with van der Waals surface area (Å²) in [5.41, 5.74) is 1.55. The molecule has 0 atom stereocenters. The van der Waals surface area contributed by atoms with Crippen molar-refractivity contribution in [2.75, 3.05) is 38.1 Å². The van der Waals surface area contributed by atoms with Crippen LogP contribution in [0.3, 0.4) is 0 Å². The van der Waals surface area contributed by atoms with Gasteiger partial charge in [0.2, 0.25) is 0 Å². The number of anilines is 1. The molecule has 0 spiro atoms. The van der Waals surface area contributed by atoms with E-state index in [2.05, 4.69) is 20.5 Å². The number of hydrogen-bond donors (Lipinski definition) is 2. The second-order valence-corrected chi connectivity index (χ2v) is 4.07. The van der Waals surface area contributed by atoms with Crippen molar-refractivity contribution >= 4 is 11.6 Å². The van der Waals surface area contributed by atoms with Gasteiger partial charge in [-0.3, -0.25) is 9.78 Å². The molecule has 0 aliphatic carbocycles. The summed E-state index contributed by atoms with van der Waals surface area (Å²) in [5, 5.41) is 5.95. The van der Waals surface area contributed by atoms with Crippen molar-refractivity contribution in [2.24, 2.45) is 0 Å². The molecule has 1 aromatic heterocycles. The number of nitrogens with zero attached hydrogens (tertiary/aromatic N) is 2. The minimum absolute atomic E-state index is 0.139. The SMILES string of the molecule is CNC(=O)c1cc(N2CCCNCC2)ccn1. The van der Waals surface area contributed by atoms with Gasteiger partial charge in [-0.15, -0.1) is 0 Å². The molecule has 1 aromatic rings. The van der Waals surface area contributed by atoms with E-state index in [1.165, 1.54) is 0 Å². The Morgan fingerprint density at radius 2 is 2.35 bits per heavy atom. The summed E-state index contributed by atoms with van der Waals surface area (Å²) in [5.74, 6) is -0.139. The molecule has 17 heavy (non-hydrogen) atoms. The molecular weight excluding hydrogens is 216 g/mol. The number of carbonyl (C=O) groups is 1. The number of amides is 1. The lowest BCUT2D eigenvalue weighted by Gasteiger charge is -2.22. The molecule has 2 heterocycles. The Kier molecular flexibility index (Phi) is 3.93. The van der Waals surface area contributed by atoms with Gasteiger partial charge < -0.3 is 15.5 Å². The van der Waals surface area contributed by atoms with Crippen molar-refractivity contribution in [3.8, 4) is 0 Å². The average molecular weight is 234 g/mol. The van der Waals surface area contributed by atoms with E-state index in [9.17, 15) is 4.79 Å². The summed E-state index contributed by atoms with van der Waals surface area (Å²) in [7, 11) is 1.62. The van der Waals surface area contributed by atoms with Crippen LogP contribution in [-0.2, 0) is 0 Å². The van der Waals surface area contributed by atoms with Crippen molar-refractivity contribution in [1.29, 1.82) is 0 Å². The predicted molar refractivity (Wildman–Crippen MR) is 67.3 cm³/mol. The van der Waals surface area contributed by atoms with Crippen molar-refractivity contribution in [2.45, 2.75) is 6.42 Å². The van der Waals surface area contributed by atoms with Gasteiger partial charge in [0.05, 0.1) is 0 Å². The highest BCUT2D eigenvalue weighted by molar-refractivity contribution is 5.92. The topological polar surface area (TPSA) is 57.3 Å². The first-order chi connectivity index (χ1) is 8.31.